The molecule has 0 aliphatic heterocycles. The summed E-state index contributed by atoms with van der Waals surface area (Å²) in [5, 5.41) is 2.76. The predicted molar refractivity (Wildman–Crippen MR) is 189 cm³/mol. The first-order valence-corrected chi connectivity index (χ1v) is 15.5. The van der Waals surface area contributed by atoms with Crippen molar-refractivity contribution in [2.24, 2.45) is 0 Å². The number of hydrogen-bond donors (Lipinski definition) is 1. The van der Waals surface area contributed by atoms with Crippen LogP contribution in [0.4, 0.5) is 4.79 Å². The molecule has 0 aromatic heterocycles. The van der Waals surface area contributed by atoms with Gasteiger partial charge in [-0.2, -0.15) is 0 Å². The molecule has 4 nitrogen and oxygen atoms in total. The number of carbonyl (C=O) groups is 1. The van der Waals surface area contributed by atoms with Crippen molar-refractivity contribution in [1.29, 1.82) is 0 Å². The normalized spacial score (nSPS) is 11.1. The molecule has 0 aliphatic rings. The summed E-state index contributed by atoms with van der Waals surface area (Å²) >= 11 is 0. The molecule has 0 heterocycles. The number of benzene rings is 3. The van der Waals surface area contributed by atoms with Crippen molar-refractivity contribution >= 4 is 6.09 Å². The molecule has 3 aromatic carbocycles. The Balaban J connectivity index is 1.94. The fourth-order valence-corrected chi connectivity index (χ4v) is 4.31. The summed E-state index contributed by atoms with van der Waals surface area (Å²) in [5.74, 6) is 19.3. The van der Waals surface area contributed by atoms with Gasteiger partial charge in [0.05, 0.1) is 6.61 Å². The van der Waals surface area contributed by atoms with Crippen molar-refractivity contribution < 1.29 is 14.3 Å². The molecule has 1 amide bonds. The highest BCUT2D eigenvalue weighted by molar-refractivity contribution is 5.67. The van der Waals surface area contributed by atoms with E-state index in [-0.39, 0.29) is 10.8 Å². The Morgan fingerprint density at radius 1 is 0.630 bits per heavy atom. The van der Waals surface area contributed by atoms with E-state index in [1.165, 1.54) is 0 Å². The summed E-state index contributed by atoms with van der Waals surface area (Å²) in [5.41, 5.74) is 6.35. The van der Waals surface area contributed by atoms with Gasteiger partial charge in [0.25, 0.3) is 0 Å². The molecule has 0 unspecified atom stereocenters. The van der Waals surface area contributed by atoms with Crippen LogP contribution in [0.1, 0.15) is 113 Å². The molecule has 0 bridgehead atoms. The molecule has 0 radical (unpaired) electrons. The minimum Gasteiger partial charge on any atom is -0.493 e. The lowest BCUT2D eigenvalue weighted by molar-refractivity contribution is 0.0525. The van der Waals surface area contributed by atoms with E-state index in [9.17, 15) is 4.79 Å². The van der Waals surface area contributed by atoms with Crippen LogP contribution in [0.25, 0.3) is 0 Å². The standard InChI is InChI=1S/C42H45NO3/c1-12-30-21-32(26-36(24-30)40(3,4)5)15-17-34-23-35(18-16-33-22-31(13-2)25-37(27-33)41(6,7)8)29-38(28-34)45-20-14-19-43-39(44)46-42(9,10)11/h1-2,21-29H,14,19-20H2,3-11H3,(H,43,44). The first-order chi connectivity index (χ1) is 21.4. The second-order valence-corrected chi connectivity index (χ2v) is 14.3. The number of nitrogens with one attached hydrogen (secondary N) is 1. The average molecular weight is 612 g/mol. The molecular formula is C42H45NO3. The molecule has 1 N–H and O–H groups in total. The highest BCUT2D eigenvalue weighted by Gasteiger charge is 2.17. The maximum Gasteiger partial charge on any atom is 0.407 e. The second-order valence-electron chi connectivity index (χ2n) is 14.3. The first kappa shape index (κ1) is 35.4. The van der Waals surface area contributed by atoms with Crippen LogP contribution >= 0.6 is 0 Å². The third-order valence-electron chi connectivity index (χ3n) is 6.80. The number of alkyl carbamates (subject to hydrolysis) is 1. The van der Waals surface area contributed by atoms with Gasteiger partial charge in [0, 0.05) is 39.9 Å². The van der Waals surface area contributed by atoms with Gasteiger partial charge in [0.15, 0.2) is 0 Å². The molecule has 0 atom stereocenters. The molecule has 46 heavy (non-hydrogen) atoms. The summed E-state index contributed by atoms with van der Waals surface area (Å²) < 4.78 is 11.4. The van der Waals surface area contributed by atoms with Gasteiger partial charge < -0.3 is 14.8 Å². The number of carbonyl (C=O) groups excluding carboxylic acids is 1. The maximum absolute atomic E-state index is 12.0. The van der Waals surface area contributed by atoms with Crippen LogP contribution in [-0.4, -0.2) is 24.8 Å². The first-order valence-electron chi connectivity index (χ1n) is 15.5. The Bertz CT molecular complexity index is 1680. The fraction of sp³-hybridized carbons (Fsp3) is 0.357. The summed E-state index contributed by atoms with van der Waals surface area (Å²) in [7, 11) is 0. The van der Waals surface area contributed by atoms with E-state index in [1.54, 1.807) is 0 Å². The van der Waals surface area contributed by atoms with Crippen molar-refractivity contribution in [3.63, 3.8) is 0 Å². The number of terminal acetylenes is 2. The van der Waals surface area contributed by atoms with E-state index in [0.29, 0.717) is 25.3 Å². The van der Waals surface area contributed by atoms with Gasteiger partial charge in [0.2, 0.25) is 0 Å². The quantitative estimate of drug-likeness (QED) is 0.233. The van der Waals surface area contributed by atoms with Gasteiger partial charge in [-0.1, -0.05) is 77.1 Å². The molecule has 0 saturated carbocycles. The van der Waals surface area contributed by atoms with Gasteiger partial charge in [-0.3, -0.25) is 0 Å². The lowest BCUT2D eigenvalue weighted by atomic mass is 9.85. The van der Waals surface area contributed by atoms with Crippen molar-refractivity contribution in [1.82, 2.24) is 5.32 Å². The van der Waals surface area contributed by atoms with Crippen molar-refractivity contribution in [3.8, 4) is 54.1 Å². The van der Waals surface area contributed by atoms with Crippen molar-refractivity contribution in [2.45, 2.75) is 85.2 Å². The molecule has 0 spiro atoms. The second kappa shape index (κ2) is 14.8. The molecule has 0 aliphatic carbocycles. The lowest BCUT2D eigenvalue weighted by Gasteiger charge is -2.19. The molecule has 0 saturated heterocycles. The fourth-order valence-electron chi connectivity index (χ4n) is 4.31. The van der Waals surface area contributed by atoms with Crippen LogP contribution in [0.3, 0.4) is 0 Å². The van der Waals surface area contributed by atoms with Gasteiger partial charge in [-0.05, 0) is 104 Å². The van der Waals surface area contributed by atoms with Crippen LogP contribution in [-0.2, 0) is 15.6 Å². The molecular weight excluding hydrogens is 566 g/mol. The third-order valence-corrected chi connectivity index (χ3v) is 6.80. The Morgan fingerprint density at radius 3 is 1.41 bits per heavy atom. The highest BCUT2D eigenvalue weighted by Crippen LogP contribution is 2.26. The van der Waals surface area contributed by atoms with Crippen LogP contribution in [0.5, 0.6) is 5.75 Å². The Kier molecular flexibility index (Phi) is 11.4. The summed E-state index contributed by atoms with van der Waals surface area (Å²) in [6, 6.07) is 17.8. The van der Waals surface area contributed by atoms with Gasteiger partial charge in [0.1, 0.15) is 11.4 Å². The topological polar surface area (TPSA) is 47.6 Å². The van der Waals surface area contributed by atoms with Crippen LogP contribution in [0.2, 0.25) is 0 Å². The maximum atomic E-state index is 12.0. The number of hydrogen-bond acceptors (Lipinski definition) is 3. The van der Waals surface area contributed by atoms with E-state index in [1.807, 2.05) is 63.2 Å². The summed E-state index contributed by atoms with van der Waals surface area (Å²) in [4.78, 5) is 12.0. The van der Waals surface area contributed by atoms with Crippen LogP contribution < -0.4 is 10.1 Å². The van der Waals surface area contributed by atoms with Crippen LogP contribution in [0.15, 0.2) is 54.6 Å². The van der Waals surface area contributed by atoms with E-state index in [0.717, 1.165) is 44.5 Å². The van der Waals surface area contributed by atoms with Crippen LogP contribution in [0, 0.1) is 48.4 Å². The molecule has 4 heteroatoms. The Labute approximate surface area is 276 Å². The Hall–Kier alpha value is -5.03. The van der Waals surface area contributed by atoms with Gasteiger partial charge in [-0.25, -0.2) is 4.79 Å². The van der Waals surface area contributed by atoms with Gasteiger partial charge in [-0.15, -0.1) is 12.8 Å². The number of ether oxygens (including phenoxy) is 2. The molecule has 236 valence electrons. The Morgan fingerprint density at radius 2 is 1.02 bits per heavy atom. The van der Waals surface area contributed by atoms with Crippen molar-refractivity contribution in [3.05, 3.63) is 99.1 Å². The molecule has 0 fully saturated rings. The van der Waals surface area contributed by atoms with E-state index in [4.69, 9.17) is 22.3 Å². The zero-order valence-corrected chi connectivity index (χ0v) is 28.7. The molecule has 3 rings (SSSR count). The minimum atomic E-state index is -0.549. The van der Waals surface area contributed by atoms with Crippen molar-refractivity contribution in [2.75, 3.05) is 13.2 Å². The smallest absolute Gasteiger partial charge is 0.407 e. The zero-order chi connectivity index (χ0) is 34.1. The minimum absolute atomic E-state index is 0.0677. The van der Waals surface area contributed by atoms with Gasteiger partial charge >= 0.3 is 6.09 Å². The molecule has 3 aromatic rings. The summed E-state index contributed by atoms with van der Waals surface area (Å²) in [6.45, 7) is 19.2. The largest absolute Gasteiger partial charge is 0.493 e. The SMILES string of the molecule is C#Cc1cc(C#Cc2cc(C#Cc3cc(C#C)cc(C(C)(C)C)c3)cc(OCCCNC(=O)OC(C)(C)C)c2)cc(C(C)(C)C)c1. The monoisotopic (exact) mass is 611 g/mol. The predicted octanol–water partition coefficient (Wildman–Crippen LogP) is 8.34. The van der Waals surface area contributed by atoms with E-state index in [2.05, 4.69) is 94.5 Å². The highest BCUT2D eigenvalue weighted by atomic mass is 16.6. The lowest BCUT2D eigenvalue weighted by Crippen LogP contribution is -2.33. The third kappa shape index (κ3) is 11.5. The zero-order valence-electron chi connectivity index (χ0n) is 28.7. The van der Waals surface area contributed by atoms with E-state index < -0.39 is 11.7 Å². The average Bonchev–Trinajstić information content (AvgIpc) is 2.96. The summed E-state index contributed by atoms with van der Waals surface area (Å²) in [6.07, 6.45) is 11.6. The van der Waals surface area contributed by atoms with E-state index >= 15 is 0 Å². The number of rotatable bonds is 5. The number of amides is 1.